The number of ether oxygens (including phenoxy) is 2. The molecule has 0 aromatic heterocycles. The van der Waals surface area contributed by atoms with E-state index in [1.165, 1.54) is 27.0 Å². The molecule has 0 saturated heterocycles. The van der Waals surface area contributed by atoms with E-state index in [1.54, 1.807) is 12.1 Å². The monoisotopic (exact) mass is 281 g/mol. The second-order valence-corrected chi connectivity index (χ2v) is 4.68. The fourth-order valence-electron chi connectivity index (χ4n) is 1.50. The molecule has 1 aromatic carbocycles. The molecule has 0 fully saturated rings. The van der Waals surface area contributed by atoms with Gasteiger partial charge in [0.05, 0.1) is 13.7 Å². The highest BCUT2D eigenvalue weighted by molar-refractivity contribution is 5.98. The van der Waals surface area contributed by atoms with E-state index in [2.05, 4.69) is 5.32 Å². The Bertz CT molecular complexity index is 510. The lowest BCUT2D eigenvalue weighted by Crippen LogP contribution is -2.49. The van der Waals surface area contributed by atoms with Gasteiger partial charge in [-0.15, -0.1) is 0 Å². The van der Waals surface area contributed by atoms with E-state index >= 15 is 0 Å². The van der Waals surface area contributed by atoms with E-state index in [4.69, 9.17) is 14.6 Å². The van der Waals surface area contributed by atoms with Crippen molar-refractivity contribution in [2.75, 3.05) is 13.7 Å². The third-order valence-electron chi connectivity index (χ3n) is 2.69. The Morgan fingerprint density at radius 1 is 1.30 bits per heavy atom. The molecule has 1 amide bonds. The number of methoxy groups -OCH3 is 1. The van der Waals surface area contributed by atoms with Crippen LogP contribution < -0.4 is 14.8 Å². The Morgan fingerprint density at radius 2 is 1.95 bits per heavy atom. The number of carbonyl (C=O) groups is 2. The topological polar surface area (TPSA) is 84.9 Å². The predicted octanol–water partition coefficient (Wildman–Crippen LogP) is 1.69. The smallest absolute Gasteiger partial charge is 0.328 e. The Hall–Kier alpha value is -2.24. The van der Waals surface area contributed by atoms with Crippen molar-refractivity contribution in [2.24, 2.45) is 0 Å². The zero-order valence-corrected chi connectivity index (χ0v) is 12.0. The van der Waals surface area contributed by atoms with E-state index in [9.17, 15) is 9.59 Å². The molecule has 2 N–H and O–H groups in total. The molecular weight excluding hydrogens is 262 g/mol. The molecule has 6 heteroatoms. The van der Waals surface area contributed by atoms with Gasteiger partial charge in [0.15, 0.2) is 11.5 Å². The van der Waals surface area contributed by atoms with Crippen molar-refractivity contribution in [1.82, 2.24) is 5.32 Å². The van der Waals surface area contributed by atoms with Crippen LogP contribution >= 0.6 is 0 Å². The van der Waals surface area contributed by atoms with Gasteiger partial charge in [-0.2, -0.15) is 0 Å². The summed E-state index contributed by atoms with van der Waals surface area (Å²) in [7, 11) is 1.51. The maximum Gasteiger partial charge on any atom is 0.328 e. The third kappa shape index (κ3) is 3.63. The Kier molecular flexibility index (Phi) is 4.96. The first-order valence-corrected chi connectivity index (χ1v) is 6.18. The highest BCUT2D eigenvalue weighted by Crippen LogP contribution is 2.28. The van der Waals surface area contributed by atoms with Crippen molar-refractivity contribution in [3.8, 4) is 11.5 Å². The number of amides is 1. The van der Waals surface area contributed by atoms with Gasteiger partial charge in [0.25, 0.3) is 5.91 Å². The molecule has 0 heterocycles. The lowest BCUT2D eigenvalue weighted by molar-refractivity contribution is -0.143. The van der Waals surface area contributed by atoms with Crippen LogP contribution in [0.4, 0.5) is 0 Å². The molecule has 20 heavy (non-hydrogen) atoms. The molecule has 0 saturated carbocycles. The minimum atomic E-state index is -1.34. The lowest BCUT2D eigenvalue weighted by Gasteiger charge is -2.21. The molecule has 0 aliphatic carbocycles. The maximum absolute atomic E-state index is 12.1. The SMILES string of the molecule is CCOc1cc(C(=O)NC(C)(C)C(=O)O)ccc1OC. The molecule has 0 unspecified atom stereocenters. The van der Waals surface area contributed by atoms with Gasteiger partial charge in [-0.05, 0) is 39.0 Å². The fourth-order valence-corrected chi connectivity index (χ4v) is 1.50. The standard InChI is InChI=1S/C14H19NO5/c1-5-20-11-8-9(6-7-10(11)19-4)12(16)15-14(2,3)13(17)18/h6-8H,5H2,1-4H3,(H,15,16)(H,17,18). The minimum Gasteiger partial charge on any atom is -0.493 e. The molecule has 0 aliphatic rings. The average molecular weight is 281 g/mol. The summed E-state index contributed by atoms with van der Waals surface area (Å²) >= 11 is 0. The number of hydrogen-bond donors (Lipinski definition) is 2. The van der Waals surface area contributed by atoms with Gasteiger partial charge in [0.2, 0.25) is 0 Å². The first-order chi connectivity index (χ1) is 9.31. The summed E-state index contributed by atoms with van der Waals surface area (Å²) in [6.07, 6.45) is 0. The number of nitrogens with one attached hydrogen (secondary N) is 1. The first kappa shape index (κ1) is 15.8. The zero-order valence-electron chi connectivity index (χ0n) is 12.0. The molecular formula is C14H19NO5. The largest absolute Gasteiger partial charge is 0.493 e. The van der Waals surface area contributed by atoms with E-state index in [0.717, 1.165) is 0 Å². The Labute approximate surface area is 117 Å². The van der Waals surface area contributed by atoms with Crippen molar-refractivity contribution in [3.63, 3.8) is 0 Å². The van der Waals surface area contributed by atoms with Crippen molar-refractivity contribution in [1.29, 1.82) is 0 Å². The van der Waals surface area contributed by atoms with Crippen molar-refractivity contribution in [3.05, 3.63) is 23.8 Å². The lowest BCUT2D eigenvalue weighted by atomic mass is 10.1. The summed E-state index contributed by atoms with van der Waals surface area (Å²) in [6, 6.07) is 4.68. The van der Waals surface area contributed by atoms with Gasteiger partial charge in [0, 0.05) is 5.56 Å². The van der Waals surface area contributed by atoms with Crippen LogP contribution in [-0.4, -0.2) is 36.2 Å². The number of aliphatic carboxylic acids is 1. The van der Waals surface area contributed by atoms with E-state index < -0.39 is 17.4 Å². The van der Waals surface area contributed by atoms with Gasteiger partial charge in [-0.25, -0.2) is 4.79 Å². The third-order valence-corrected chi connectivity index (χ3v) is 2.69. The van der Waals surface area contributed by atoms with Crippen LogP contribution in [0.15, 0.2) is 18.2 Å². The number of rotatable bonds is 6. The summed E-state index contributed by atoms with van der Waals surface area (Å²) < 4.78 is 10.5. The highest BCUT2D eigenvalue weighted by atomic mass is 16.5. The first-order valence-electron chi connectivity index (χ1n) is 6.18. The summed E-state index contributed by atoms with van der Waals surface area (Å²) in [4.78, 5) is 23.0. The molecule has 0 spiro atoms. The quantitative estimate of drug-likeness (QED) is 0.828. The Balaban J connectivity index is 2.99. The van der Waals surface area contributed by atoms with Gasteiger partial charge >= 0.3 is 5.97 Å². The van der Waals surface area contributed by atoms with E-state index in [1.807, 2.05) is 6.92 Å². The summed E-state index contributed by atoms with van der Waals surface area (Å²) in [5, 5.41) is 11.4. The van der Waals surface area contributed by atoms with E-state index in [0.29, 0.717) is 23.7 Å². The molecule has 0 bridgehead atoms. The van der Waals surface area contributed by atoms with Gasteiger partial charge in [-0.3, -0.25) is 4.79 Å². The van der Waals surface area contributed by atoms with Gasteiger partial charge < -0.3 is 19.9 Å². The number of carboxylic acids is 1. The van der Waals surface area contributed by atoms with Crippen molar-refractivity contribution < 1.29 is 24.2 Å². The summed E-state index contributed by atoms with van der Waals surface area (Å²) in [5.74, 6) is -0.637. The van der Waals surface area contributed by atoms with Crippen LogP contribution in [0, 0.1) is 0 Å². The number of carboxylic acid groups (broad SMARTS) is 1. The molecule has 110 valence electrons. The Morgan fingerprint density at radius 3 is 2.45 bits per heavy atom. The zero-order chi connectivity index (χ0) is 15.3. The molecule has 0 radical (unpaired) electrons. The molecule has 0 aliphatic heterocycles. The molecule has 1 aromatic rings. The van der Waals surface area contributed by atoms with Crippen LogP contribution in [0.1, 0.15) is 31.1 Å². The predicted molar refractivity (Wildman–Crippen MR) is 73.3 cm³/mol. The van der Waals surface area contributed by atoms with Crippen LogP contribution in [0.5, 0.6) is 11.5 Å². The second kappa shape index (κ2) is 6.27. The van der Waals surface area contributed by atoms with Crippen LogP contribution in [0.2, 0.25) is 0 Å². The summed E-state index contributed by atoms with van der Waals surface area (Å²) in [6.45, 7) is 5.09. The maximum atomic E-state index is 12.1. The molecule has 6 nitrogen and oxygen atoms in total. The number of hydrogen-bond acceptors (Lipinski definition) is 4. The van der Waals surface area contributed by atoms with E-state index in [-0.39, 0.29) is 0 Å². The van der Waals surface area contributed by atoms with Crippen LogP contribution in [0.25, 0.3) is 0 Å². The average Bonchev–Trinajstić information content (AvgIpc) is 2.38. The van der Waals surface area contributed by atoms with Crippen molar-refractivity contribution in [2.45, 2.75) is 26.3 Å². The normalized spacial score (nSPS) is 10.8. The highest BCUT2D eigenvalue weighted by Gasteiger charge is 2.29. The van der Waals surface area contributed by atoms with Crippen LogP contribution in [-0.2, 0) is 4.79 Å². The van der Waals surface area contributed by atoms with Crippen molar-refractivity contribution >= 4 is 11.9 Å². The molecule has 1 rings (SSSR count). The number of carbonyl (C=O) groups excluding carboxylic acids is 1. The van der Waals surface area contributed by atoms with Gasteiger partial charge in [-0.1, -0.05) is 0 Å². The minimum absolute atomic E-state index is 0.309. The second-order valence-electron chi connectivity index (χ2n) is 4.68. The fraction of sp³-hybridized carbons (Fsp3) is 0.429. The summed E-state index contributed by atoms with van der Waals surface area (Å²) in [5.41, 5.74) is -1.04. The molecule has 0 atom stereocenters. The number of benzene rings is 1. The van der Waals surface area contributed by atoms with Crippen LogP contribution in [0.3, 0.4) is 0 Å². The van der Waals surface area contributed by atoms with Gasteiger partial charge in [0.1, 0.15) is 5.54 Å².